The van der Waals surface area contributed by atoms with Gasteiger partial charge in [-0.15, -0.1) is 0 Å². The summed E-state index contributed by atoms with van der Waals surface area (Å²) in [7, 11) is 1.78. The number of hydrogen-bond acceptors (Lipinski definition) is 4. The summed E-state index contributed by atoms with van der Waals surface area (Å²) in [5.74, 6) is 1.01. The SMILES string of the molecule is CN=C(NCCCNC(=O)c1occc1C)NC1CCN(c2ccc(C)cc2)C1. The minimum atomic E-state index is -0.169. The third-order valence-corrected chi connectivity index (χ3v) is 5.15. The van der Waals surface area contributed by atoms with Crippen molar-refractivity contribution < 1.29 is 9.21 Å². The van der Waals surface area contributed by atoms with Crippen LogP contribution in [-0.2, 0) is 0 Å². The molecule has 0 spiro atoms. The lowest BCUT2D eigenvalue weighted by Gasteiger charge is -2.20. The topological polar surface area (TPSA) is 81.9 Å². The molecule has 7 heteroatoms. The minimum Gasteiger partial charge on any atom is -0.459 e. The van der Waals surface area contributed by atoms with E-state index in [2.05, 4.69) is 57.0 Å². The van der Waals surface area contributed by atoms with E-state index >= 15 is 0 Å². The highest BCUT2D eigenvalue weighted by molar-refractivity contribution is 5.92. The zero-order valence-electron chi connectivity index (χ0n) is 17.5. The van der Waals surface area contributed by atoms with Crippen molar-refractivity contribution in [2.45, 2.75) is 32.7 Å². The van der Waals surface area contributed by atoms with E-state index in [9.17, 15) is 4.79 Å². The number of aryl methyl sites for hydroxylation is 2. The first-order valence-electron chi connectivity index (χ1n) is 10.2. The average molecular weight is 398 g/mol. The van der Waals surface area contributed by atoms with Crippen LogP contribution in [0, 0.1) is 13.8 Å². The highest BCUT2D eigenvalue weighted by Crippen LogP contribution is 2.20. The minimum absolute atomic E-state index is 0.169. The number of carbonyl (C=O) groups excluding carboxylic acids is 1. The molecule has 1 aromatic carbocycles. The molecule has 3 rings (SSSR count). The molecule has 1 unspecified atom stereocenters. The monoisotopic (exact) mass is 397 g/mol. The molecule has 7 nitrogen and oxygen atoms in total. The van der Waals surface area contributed by atoms with Crippen LogP contribution in [0.15, 0.2) is 46.0 Å². The Morgan fingerprint density at radius 1 is 1.17 bits per heavy atom. The molecule has 1 aromatic heterocycles. The molecule has 2 heterocycles. The Labute approximate surface area is 172 Å². The van der Waals surface area contributed by atoms with E-state index in [1.165, 1.54) is 17.5 Å². The van der Waals surface area contributed by atoms with Crippen molar-refractivity contribution >= 4 is 17.6 Å². The molecule has 1 atom stereocenters. The highest BCUT2D eigenvalue weighted by atomic mass is 16.3. The van der Waals surface area contributed by atoms with Crippen molar-refractivity contribution in [2.24, 2.45) is 4.99 Å². The summed E-state index contributed by atoms with van der Waals surface area (Å²) in [5.41, 5.74) is 3.40. The van der Waals surface area contributed by atoms with E-state index in [1.54, 1.807) is 13.1 Å². The summed E-state index contributed by atoms with van der Waals surface area (Å²) in [5, 5.41) is 9.70. The summed E-state index contributed by atoms with van der Waals surface area (Å²) < 4.78 is 5.20. The summed E-state index contributed by atoms with van der Waals surface area (Å²) in [6.45, 7) is 7.27. The van der Waals surface area contributed by atoms with Gasteiger partial charge in [-0.25, -0.2) is 0 Å². The molecule has 1 aliphatic rings. The van der Waals surface area contributed by atoms with Crippen molar-refractivity contribution in [1.82, 2.24) is 16.0 Å². The van der Waals surface area contributed by atoms with Gasteiger partial charge in [-0.05, 0) is 44.9 Å². The molecule has 0 bridgehead atoms. The highest BCUT2D eigenvalue weighted by Gasteiger charge is 2.23. The van der Waals surface area contributed by atoms with Crippen molar-refractivity contribution in [3.8, 4) is 0 Å². The van der Waals surface area contributed by atoms with Gasteiger partial charge in [0.15, 0.2) is 11.7 Å². The molecule has 2 aromatic rings. The van der Waals surface area contributed by atoms with E-state index < -0.39 is 0 Å². The van der Waals surface area contributed by atoms with Crippen molar-refractivity contribution in [3.05, 3.63) is 53.5 Å². The van der Waals surface area contributed by atoms with Crippen LogP contribution in [-0.4, -0.2) is 51.1 Å². The second-order valence-electron chi connectivity index (χ2n) is 7.45. The lowest BCUT2D eigenvalue weighted by molar-refractivity contribution is 0.0925. The summed E-state index contributed by atoms with van der Waals surface area (Å²) in [6.07, 6.45) is 3.41. The van der Waals surface area contributed by atoms with Gasteiger partial charge in [-0.1, -0.05) is 17.7 Å². The number of nitrogens with zero attached hydrogens (tertiary/aromatic N) is 2. The largest absolute Gasteiger partial charge is 0.459 e. The van der Waals surface area contributed by atoms with Gasteiger partial charge >= 0.3 is 0 Å². The first kappa shape index (κ1) is 20.8. The Morgan fingerprint density at radius 2 is 1.93 bits per heavy atom. The molecule has 1 aliphatic heterocycles. The third-order valence-electron chi connectivity index (χ3n) is 5.15. The number of benzene rings is 1. The molecular formula is C22H31N5O2. The standard InChI is InChI=1S/C22H31N5O2/c1-16-5-7-19(8-6-16)27-13-9-18(15-27)26-22(23-3)25-12-4-11-24-21(28)20-17(2)10-14-29-20/h5-8,10,14,18H,4,9,11-13,15H2,1-3H3,(H,24,28)(H2,23,25,26). The third kappa shape index (κ3) is 5.76. The molecule has 1 saturated heterocycles. The van der Waals surface area contributed by atoms with Crippen LogP contribution in [0.4, 0.5) is 5.69 Å². The van der Waals surface area contributed by atoms with Crippen LogP contribution in [0.2, 0.25) is 0 Å². The molecule has 0 radical (unpaired) electrons. The maximum absolute atomic E-state index is 12.0. The number of guanidine groups is 1. The number of nitrogens with one attached hydrogen (secondary N) is 3. The van der Waals surface area contributed by atoms with E-state index in [0.717, 1.165) is 44.0 Å². The van der Waals surface area contributed by atoms with Crippen molar-refractivity contribution in [3.63, 3.8) is 0 Å². The Kier molecular flexibility index (Phi) is 7.16. The summed E-state index contributed by atoms with van der Waals surface area (Å²) in [6, 6.07) is 10.8. The van der Waals surface area contributed by atoms with Crippen LogP contribution < -0.4 is 20.9 Å². The molecule has 156 valence electrons. The Bertz CT molecular complexity index is 828. The van der Waals surface area contributed by atoms with E-state index in [1.807, 2.05) is 6.92 Å². The van der Waals surface area contributed by atoms with Crippen LogP contribution in [0.25, 0.3) is 0 Å². The van der Waals surface area contributed by atoms with Crippen molar-refractivity contribution in [1.29, 1.82) is 0 Å². The number of rotatable bonds is 7. The zero-order chi connectivity index (χ0) is 20.6. The lowest BCUT2D eigenvalue weighted by Crippen LogP contribution is -2.45. The number of aliphatic imine (C=N–C) groups is 1. The fourth-order valence-corrected chi connectivity index (χ4v) is 3.44. The predicted octanol–water partition coefficient (Wildman–Crippen LogP) is 2.46. The number of carbonyl (C=O) groups is 1. The molecular weight excluding hydrogens is 366 g/mol. The van der Waals surface area contributed by atoms with Crippen LogP contribution in [0.1, 0.15) is 34.5 Å². The Morgan fingerprint density at radius 3 is 2.62 bits per heavy atom. The molecule has 0 saturated carbocycles. The number of anilines is 1. The van der Waals surface area contributed by atoms with Gasteiger partial charge in [0.25, 0.3) is 5.91 Å². The van der Waals surface area contributed by atoms with Crippen LogP contribution in [0.5, 0.6) is 0 Å². The predicted molar refractivity (Wildman–Crippen MR) is 117 cm³/mol. The fraction of sp³-hybridized carbons (Fsp3) is 0.455. The first-order chi connectivity index (χ1) is 14.1. The fourth-order valence-electron chi connectivity index (χ4n) is 3.44. The van der Waals surface area contributed by atoms with E-state index in [-0.39, 0.29) is 5.91 Å². The Hall–Kier alpha value is -2.96. The lowest BCUT2D eigenvalue weighted by atomic mass is 10.2. The second-order valence-corrected chi connectivity index (χ2v) is 7.45. The summed E-state index contributed by atoms with van der Waals surface area (Å²) in [4.78, 5) is 18.7. The van der Waals surface area contributed by atoms with Crippen LogP contribution in [0.3, 0.4) is 0 Å². The summed E-state index contributed by atoms with van der Waals surface area (Å²) >= 11 is 0. The maximum atomic E-state index is 12.0. The number of amides is 1. The average Bonchev–Trinajstić information content (AvgIpc) is 3.36. The van der Waals surface area contributed by atoms with Gasteiger partial charge in [0, 0.05) is 50.5 Å². The van der Waals surface area contributed by atoms with Gasteiger partial charge < -0.3 is 25.3 Å². The normalized spacial score (nSPS) is 16.7. The smallest absolute Gasteiger partial charge is 0.287 e. The van der Waals surface area contributed by atoms with E-state index in [4.69, 9.17) is 4.42 Å². The zero-order valence-corrected chi connectivity index (χ0v) is 17.5. The quantitative estimate of drug-likeness (QED) is 0.380. The van der Waals surface area contributed by atoms with E-state index in [0.29, 0.717) is 18.3 Å². The molecule has 1 amide bonds. The van der Waals surface area contributed by atoms with Gasteiger partial charge in [-0.3, -0.25) is 9.79 Å². The molecule has 3 N–H and O–H groups in total. The van der Waals surface area contributed by atoms with Gasteiger partial charge in [0.2, 0.25) is 0 Å². The molecule has 0 aliphatic carbocycles. The van der Waals surface area contributed by atoms with Gasteiger partial charge in [0.05, 0.1) is 6.26 Å². The second kappa shape index (κ2) is 10.0. The number of furan rings is 1. The first-order valence-corrected chi connectivity index (χ1v) is 10.2. The Balaban J connectivity index is 1.35. The maximum Gasteiger partial charge on any atom is 0.287 e. The molecule has 1 fully saturated rings. The van der Waals surface area contributed by atoms with Gasteiger partial charge in [-0.2, -0.15) is 0 Å². The van der Waals surface area contributed by atoms with Crippen molar-refractivity contribution in [2.75, 3.05) is 38.1 Å². The van der Waals surface area contributed by atoms with Gasteiger partial charge in [0.1, 0.15) is 0 Å². The van der Waals surface area contributed by atoms with Crippen LogP contribution >= 0.6 is 0 Å². The number of hydrogen-bond donors (Lipinski definition) is 3. The molecule has 29 heavy (non-hydrogen) atoms.